The summed E-state index contributed by atoms with van der Waals surface area (Å²) in [5.74, 6) is 2.83. The van der Waals surface area contributed by atoms with Gasteiger partial charge in [-0.2, -0.15) is 0 Å². The summed E-state index contributed by atoms with van der Waals surface area (Å²) in [6.07, 6.45) is 14.2. The van der Waals surface area contributed by atoms with Crippen LogP contribution in [-0.2, 0) is 0 Å². The highest BCUT2D eigenvalue weighted by Crippen LogP contribution is 2.31. The van der Waals surface area contributed by atoms with Crippen LogP contribution in [0.4, 0.5) is 0 Å². The molecular weight excluding hydrogens is 423 g/mol. The smallest absolute Gasteiger partial charge is 0.191 e. The Kier molecular flexibility index (Phi) is 9.89. The summed E-state index contributed by atoms with van der Waals surface area (Å²) < 4.78 is 0. The molecule has 1 aliphatic heterocycles. The molecule has 1 unspecified atom stereocenters. The van der Waals surface area contributed by atoms with Crippen molar-refractivity contribution in [3.63, 3.8) is 0 Å². The summed E-state index contributed by atoms with van der Waals surface area (Å²) in [4.78, 5) is 7.54. The molecule has 0 amide bonds. The first-order valence-electron chi connectivity index (χ1n) is 10.6. The van der Waals surface area contributed by atoms with E-state index >= 15 is 0 Å². The van der Waals surface area contributed by atoms with Crippen LogP contribution in [0, 0.1) is 11.8 Å². The molecule has 0 aromatic heterocycles. The van der Waals surface area contributed by atoms with Crippen LogP contribution < -0.4 is 10.6 Å². The minimum atomic E-state index is 0. The zero-order valence-corrected chi connectivity index (χ0v) is 18.5. The van der Waals surface area contributed by atoms with E-state index < -0.39 is 0 Å². The molecule has 0 spiro atoms. The van der Waals surface area contributed by atoms with Gasteiger partial charge in [0.15, 0.2) is 5.96 Å². The lowest BCUT2D eigenvalue weighted by atomic mass is 10.0. The van der Waals surface area contributed by atoms with Crippen molar-refractivity contribution < 1.29 is 0 Å². The van der Waals surface area contributed by atoms with Gasteiger partial charge in [-0.3, -0.25) is 4.99 Å². The van der Waals surface area contributed by atoms with Crippen molar-refractivity contribution in [2.75, 3.05) is 32.7 Å². The van der Waals surface area contributed by atoms with Crippen molar-refractivity contribution in [3.8, 4) is 0 Å². The van der Waals surface area contributed by atoms with Crippen LogP contribution in [0.5, 0.6) is 0 Å². The van der Waals surface area contributed by atoms with Gasteiger partial charge in [0.25, 0.3) is 0 Å². The molecule has 0 aromatic rings. The molecule has 2 aliphatic carbocycles. The number of guanidine groups is 1. The van der Waals surface area contributed by atoms with Crippen molar-refractivity contribution in [1.82, 2.24) is 15.5 Å². The molecule has 25 heavy (non-hydrogen) atoms. The van der Waals surface area contributed by atoms with E-state index in [0.29, 0.717) is 0 Å². The molecule has 4 nitrogen and oxygen atoms in total. The Balaban J connectivity index is 0.00000225. The molecule has 3 aliphatic rings. The Morgan fingerprint density at radius 3 is 2.52 bits per heavy atom. The minimum absolute atomic E-state index is 0. The molecule has 3 fully saturated rings. The third kappa shape index (κ3) is 7.61. The monoisotopic (exact) mass is 462 g/mol. The SMILES string of the molecule is CCNC(=NCC1CCN(C2CC2)C1)NCCCCC1CCCC1.I. The molecule has 1 heterocycles. The van der Waals surface area contributed by atoms with Crippen molar-refractivity contribution in [1.29, 1.82) is 0 Å². The van der Waals surface area contributed by atoms with E-state index in [9.17, 15) is 0 Å². The van der Waals surface area contributed by atoms with E-state index in [1.807, 2.05) is 0 Å². The Morgan fingerprint density at radius 2 is 1.80 bits per heavy atom. The molecule has 0 radical (unpaired) electrons. The molecule has 0 bridgehead atoms. The number of hydrogen-bond acceptors (Lipinski definition) is 2. The molecular formula is C20H39IN4. The highest BCUT2D eigenvalue weighted by atomic mass is 127. The summed E-state index contributed by atoms with van der Waals surface area (Å²) in [6, 6.07) is 0.921. The van der Waals surface area contributed by atoms with E-state index in [1.54, 1.807) is 0 Å². The standard InChI is InChI=1S/C20H38N4.HI/c1-2-21-20(22-13-6-5-9-17-7-3-4-8-17)23-15-18-12-14-24(16-18)19-10-11-19;/h17-19H,2-16H2,1H3,(H2,21,22,23);1H. The maximum Gasteiger partial charge on any atom is 0.191 e. The summed E-state index contributed by atoms with van der Waals surface area (Å²) in [5, 5.41) is 6.95. The highest BCUT2D eigenvalue weighted by Gasteiger charge is 2.34. The second-order valence-electron chi connectivity index (χ2n) is 8.17. The lowest BCUT2D eigenvalue weighted by Gasteiger charge is -2.15. The largest absolute Gasteiger partial charge is 0.357 e. The van der Waals surface area contributed by atoms with Crippen LogP contribution in [-0.4, -0.2) is 49.6 Å². The number of halogens is 1. The Morgan fingerprint density at radius 1 is 1.00 bits per heavy atom. The fourth-order valence-corrected chi connectivity index (χ4v) is 4.41. The van der Waals surface area contributed by atoms with Crippen molar-refractivity contribution in [2.24, 2.45) is 16.8 Å². The topological polar surface area (TPSA) is 39.7 Å². The molecule has 2 N–H and O–H groups in total. The first-order valence-corrected chi connectivity index (χ1v) is 10.6. The van der Waals surface area contributed by atoms with E-state index in [-0.39, 0.29) is 24.0 Å². The van der Waals surface area contributed by atoms with Crippen LogP contribution in [0.1, 0.15) is 71.1 Å². The van der Waals surface area contributed by atoms with Gasteiger partial charge in [-0.15, -0.1) is 24.0 Å². The van der Waals surface area contributed by atoms with E-state index in [2.05, 4.69) is 22.5 Å². The van der Waals surface area contributed by atoms with Gasteiger partial charge in [0, 0.05) is 32.2 Å². The van der Waals surface area contributed by atoms with Gasteiger partial charge in [0.2, 0.25) is 0 Å². The highest BCUT2D eigenvalue weighted by molar-refractivity contribution is 14.0. The summed E-state index contributed by atoms with van der Waals surface area (Å²) in [5.41, 5.74) is 0. The van der Waals surface area contributed by atoms with Gasteiger partial charge >= 0.3 is 0 Å². The van der Waals surface area contributed by atoms with Crippen LogP contribution >= 0.6 is 24.0 Å². The number of nitrogens with one attached hydrogen (secondary N) is 2. The molecule has 146 valence electrons. The van der Waals surface area contributed by atoms with Gasteiger partial charge in [0.05, 0.1) is 0 Å². The number of likely N-dealkylation sites (tertiary alicyclic amines) is 1. The molecule has 0 aromatic carbocycles. The zero-order valence-electron chi connectivity index (χ0n) is 16.1. The molecule has 1 atom stereocenters. The van der Waals surface area contributed by atoms with Crippen molar-refractivity contribution in [2.45, 2.75) is 77.2 Å². The number of nitrogens with zero attached hydrogens (tertiary/aromatic N) is 2. The summed E-state index contributed by atoms with van der Waals surface area (Å²) >= 11 is 0. The third-order valence-corrected chi connectivity index (χ3v) is 6.04. The molecule has 5 heteroatoms. The van der Waals surface area contributed by atoms with Gasteiger partial charge in [-0.1, -0.05) is 38.5 Å². The second-order valence-corrected chi connectivity index (χ2v) is 8.17. The Labute approximate surface area is 172 Å². The van der Waals surface area contributed by atoms with Crippen LogP contribution in [0.25, 0.3) is 0 Å². The lowest BCUT2D eigenvalue weighted by Crippen LogP contribution is -2.38. The minimum Gasteiger partial charge on any atom is -0.357 e. The van der Waals surface area contributed by atoms with Crippen molar-refractivity contribution in [3.05, 3.63) is 0 Å². The number of unbranched alkanes of at least 4 members (excludes halogenated alkanes) is 1. The van der Waals surface area contributed by atoms with Gasteiger partial charge in [0.1, 0.15) is 0 Å². The van der Waals surface area contributed by atoms with Gasteiger partial charge < -0.3 is 15.5 Å². The summed E-state index contributed by atoms with van der Waals surface area (Å²) in [7, 11) is 0. The maximum absolute atomic E-state index is 4.85. The second kappa shape index (κ2) is 11.6. The average Bonchev–Trinajstić information content (AvgIpc) is 3.11. The van der Waals surface area contributed by atoms with Gasteiger partial charge in [-0.25, -0.2) is 0 Å². The maximum atomic E-state index is 4.85. The fraction of sp³-hybridized carbons (Fsp3) is 0.950. The zero-order chi connectivity index (χ0) is 16.6. The number of aliphatic imine (C=N–C) groups is 1. The lowest BCUT2D eigenvalue weighted by molar-refractivity contribution is 0.315. The van der Waals surface area contributed by atoms with Gasteiger partial charge in [-0.05, 0) is 51.0 Å². The first-order chi connectivity index (χ1) is 11.8. The van der Waals surface area contributed by atoms with Crippen LogP contribution in [0.15, 0.2) is 4.99 Å². The Hall–Kier alpha value is -0.0400. The predicted molar refractivity (Wildman–Crippen MR) is 118 cm³/mol. The quantitative estimate of drug-likeness (QED) is 0.236. The molecule has 2 saturated carbocycles. The van der Waals surface area contributed by atoms with Crippen LogP contribution in [0.3, 0.4) is 0 Å². The fourth-order valence-electron chi connectivity index (χ4n) is 4.41. The normalized spacial score (nSPS) is 25.2. The first kappa shape index (κ1) is 21.3. The van der Waals surface area contributed by atoms with E-state index in [4.69, 9.17) is 4.99 Å². The van der Waals surface area contributed by atoms with E-state index in [0.717, 1.165) is 43.5 Å². The predicted octanol–water partition coefficient (Wildman–Crippen LogP) is 4.00. The number of rotatable bonds is 9. The van der Waals surface area contributed by atoms with Crippen molar-refractivity contribution >= 4 is 29.9 Å². The van der Waals surface area contributed by atoms with Crippen LogP contribution in [0.2, 0.25) is 0 Å². The molecule has 3 rings (SSSR count). The average molecular weight is 462 g/mol. The summed E-state index contributed by atoms with van der Waals surface area (Å²) in [6.45, 7) is 7.73. The third-order valence-electron chi connectivity index (χ3n) is 6.04. The Bertz CT molecular complexity index is 391. The van der Waals surface area contributed by atoms with E-state index in [1.165, 1.54) is 77.3 Å². The molecule has 1 saturated heterocycles. The number of hydrogen-bond donors (Lipinski definition) is 2.